The number of hydrogen-bond donors (Lipinski definition) is 1. The minimum atomic E-state index is -0.516. The number of aliphatic hydroxyl groups is 1. The molecule has 0 spiro atoms. The Kier molecular flexibility index (Phi) is 3.64. The van der Waals surface area contributed by atoms with E-state index in [1.165, 1.54) is 0 Å². The molecule has 0 amide bonds. The smallest absolute Gasteiger partial charge is 0.338 e. The van der Waals surface area contributed by atoms with Crippen molar-refractivity contribution < 1.29 is 19.4 Å². The summed E-state index contributed by atoms with van der Waals surface area (Å²) in [5, 5.41) is 9.57. The SMILES string of the molecule is COc1ccc(C(=O)O[C@@H]2CCC[C@@H]2O)cc1. The van der Waals surface area contributed by atoms with Crippen LogP contribution in [0.4, 0.5) is 0 Å². The third kappa shape index (κ3) is 2.77. The molecule has 1 saturated carbocycles. The maximum Gasteiger partial charge on any atom is 0.338 e. The van der Waals surface area contributed by atoms with Crippen LogP contribution in [0.2, 0.25) is 0 Å². The summed E-state index contributed by atoms with van der Waals surface area (Å²) >= 11 is 0. The van der Waals surface area contributed by atoms with Gasteiger partial charge in [-0.25, -0.2) is 4.79 Å². The van der Waals surface area contributed by atoms with Crippen LogP contribution in [0.1, 0.15) is 29.6 Å². The van der Waals surface area contributed by atoms with E-state index in [1.54, 1.807) is 31.4 Å². The lowest BCUT2D eigenvalue weighted by atomic mass is 10.2. The minimum Gasteiger partial charge on any atom is -0.497 e. The normalized spacial score (nSPS) is 23.4. The van der Waals surface area contributed by atoms with Crippen molar-refractivity contribution in [2.45, 2.75) is 31.5 Å². The standard InChI is InChI=1S/C13H16O4/c1-16-10-7-5-9(6-8-10)13(15)17-12-4-2-3-11(12)14/h5-8,11-12,14H,2-4H2,1H3/t11-,12+/m0/s1. The molecule has 0 aliphatic heterocycles. The lowest BCUT2D eigenvalue weighted by Crippen LogP contribution is -2.25. The third-order valence-corrected chi connectivity index (χ3v) is 3.00. The predicted molar refractivity (Wildman–Crippen MR) is 62.1 cm³/mol. The predicted octanol–water partition coefficient (Wildman–Crippen LogP) is 1.77. The average molecular weight is 236 g/mol. The third-order valence-electron chi connectivity index (χ3n) is 3.00. The van der Waals surface area contributed by atoms with Crippen LogP contribution in [-0.2, 0) is 4.74 Å². The minimum absolute atomic E-state index is 0.357. The summed E-state index contributed by atoms with van der Waals surface area (Å²) in [6.07, 6.45) is 1.48. The maximum absolute atomic E-state index is 11.8. The number of aliphatic hydroxyl groups excluding tert-OH is 1. The molecule has 4 heteroatoms. The van der Waals surface area contributed by atoms with Crippen LogP contribution in [-0.4, -0.2) is 30.4 Å². The van der Waals surface area contributed by atoms with Crippen molar-refractivity contribution >= 4 is 5.97 Å². The Morgan fingerprint density at radius 1 is 1.29 bits per heavy atom. The summed E-state index contributed by atoms with van der Waals surface area (Å²) in [6.45, 7) is 0. The highest BCUT2D eigenvalue weighted by Gasteiger charge is 2.28. The molecule has 1 aliphatic carbocycles. The van der Waals surface area contributed by atoms with Gasteiger partial charge in [0.1, 0.15) is 11.9 Å². The maximum atomic E-state index is 11.8. The van der Waals surface area contributed by atoms with Gasteiger partial charge in [-0.2, -0.15) is 0 Å². The van der Waals surface area contributed by atoms with Crippen LogP contribution in [0, 0.1) is 0 Å². The Morgan fingerprint density at radius 2 is 2.00 bits per heavy atom. The highest BCUT2D eigenvalue weighted by molar-refractivity contribution is 5.89. The largest absolute Gasteiger partial charge is 0.497 e. The molecule has 2 rings (SSSR count). The van der Waals surface area contributed by atoms with Gasteiger partial charge in [-0.15, -0.1) is 0 Å². The zero-order valence-electron chi connectivity index (χ0n) is 9.76. The molecule has 1 N–H and O–H groups in total. The van der Waals surface area contributed by atoms with E-state index in [0.29, 0.717) is 17.7 Å². The second-order valence-corrected chi connectivity index (χ2v) is 4.17. The number of ether oxygens (including phenoxy) is 2. The number of benzene rings is 1. The number of hydrogen-bond acceptors (Lipinski definition) is 4. The summed E-state index contributed by atoms with van der Waals surface area (Å²) in [4.78, 5) is 11.8. The van der Waals surface area contributed by atoms with E-state index < -0.39 is 12.1 Å². The van der Waals surface area contributed by atoms with Crippen LogP contribution < -0.4 is 4.74 Å². The fourth-order valence-corrected chi connectivity index (χ4v) is 1.98. The number of carbonyl (C=O) groups excluding carboxylic acids is 1. The van der Waals surface area contributed by atoms with Gasteiger partial charge in [0.2, 0.25) is 0 Å². The van der Waals surface area contributed by atoms with Crippen molar-refractivity contribution in [3.8, 4) is 5.75 Å². The van der Waals surface area contributed by atoms with Gasteiger partial charge in [-0.1, -0.05) is 0 Å². The fourth-order valence-electron chi connectivity index (χ4n) is 1.98. The molecule has 92 valence electrons. The molecule has 4 nitrogen and oxygen atoms in total. The summed E-state index contributed by atoms with van der Waals surface area (Å²) in [5.41, 5.74) is 0.477. The molecule has 0 aromatic heterocycles. The molecule has 0 unspecified atom stereocenters. The highest BCUT2D eigenvalue weighted by Crippen LogP contribution is 2.23. The number of carbonyl (C=O) groups is 1. The molecule has 0 heterocycles. The van der Waals surface area contributed by atoms with Crippen molar-refractivity contribution in [2.75, 3.05) is 7.11 Å². The molecular formula is C13H16O4. The van der Waals surface area contributed by atoms with Crippen LogP contribution in [0.25, 0.3) is 0 Å². The van der Waals surface area contributed by atoms with Crippen molar-refractivity contribution in [3.63, 3.8) is 0 Å². The lowest BCUT2D eigenvalue weighted by molar-refractivity contribution is -0.00484. The van der Waals surface area contributed by atoms with Crippen molar-refractivity contribution in [1.82, 2.24) is 0 Å². The molecule has 1 aromatic rings. The zero-order valence-corrected chi connectivity index (χ0v) is 9.76. The van der Waals surface area contributed by atoms with E-state index >= 15 is 0 Å². The van der Waals surface area contributed by atoms with E-state index in [0.717, 1.165) is 12.8 Å². The number of methoxy groups -OCH3 is 1. The summed E-state index contributed by atoms with van der Waals surface area (Å²) in [6, 6.07) is 6.73. The molecule has 0 saturated heterocycles. The quantitative estimate of drug-likeness (QED) is 0.812. The van der Waals surface area contributed by atoms with Gasteiger partial charge in [-0.05, 0) is 43.5 Å². The van der Waals surface area contributed by atoms with Crippen LogP contribution in [0.15, 0.2) is 24.3 Å². The van der Waals surface area contributed by atoms with E-state index in [-0.39, 0.29) is 6.10 Å². The first kappa shape index (κ1) is 11.9. The average Bonchev–Trinajstić information content (AvgIpc) is 2.75. The van der Waals surface area contributed by atoms with Crippen molar-refractivity contribution in [3.05, 3.63) is 29.8 Å². The van der Waals surface area contributed by atoms with Crippen molar-refractivity contribution in [1.29, 1.82) is 0 Å². The summed E-state index contributed by atoms with van der Waals surface area (Å²) in [7, 11) is 1.57. The summed E-state index contributed by atoms with van der Waals surface area (Å²) in [5.74, 6) is 0.307. The zero-order chi connectivity index (χ0) is 12.3. The van der Waals surface area contributed by atoms with Crippen molar-refractivity contribution in [2.24, 2.45) is 0 Å². The van der Waals surface area contributed by atoms with Crippen LogP contribution in [0.3, 0.4) is 0 Å². The van der Waals surface area contributed by atoms with E-state index in [2.05, 4.69) is 0 Å². The summed E-state index contributed by atoms with van der Waals surface area (Å²) < 4.78 is 10.3. The molecule has 2 atom stereocenters. The van der Waals surface area contributed by atoms with Gasteiger partial charge < -0.3 is 14.6 Å². The van der Waals surface area contributed by atoms with E-state index in [9.17, 15) is 9.90 Å². The van der Waals surface area contributed by atoms with Crippen LogP contribution >= 0.6 is 0 Å². The second-order valence-electron chi connectivity index (χ2n) is 4.17. The Balaban J connectivity index is 1.99. The Bertz CT molecular complexity index is 385. The monoisotopic (exact) mass is 236 g/mol. The molecule has 1 aromatic carbocycles. The van der Waals surface area contributed by atoms with Gasteiger partial charge in [0, 0.05) is 0 Å². The lowest BCUT2D eigenvalue weighted by Gasteiger charge is -2.15. The molecule has 0 bridgehead atoms. The first-order valence-corrected chi connectivity index (χ1v) is 5.74. The fraction of sp³-hybridized carbons (Fsp3) is 0.462. The van der Waals surface area contributed by atoms with Gasteiger partial charge in [0.05, 0.1) is 18.8 Å². The second kappa shape index (κ2) is 5.19. The van der Waals surface area contributed by atoms with E-state index in [1.807, 2.05) is 0 Å². The molecule has 17 heavy (non-hydrogen) atoms. The van der Waals surface area contributed by atoms with Gasteiger partial charge in [-0.3, -0.25) is 0 Å². The Hall–Kier alpha value is -1.55. The Morgan fingerprint density at radius 3 is 2.53 bits per heavy atom. The first-order valence-electron chi connectivity index (χ1n) is 5.74. The molecule has 0 radical (unpaired) electrons. The van der Waals surface area contributed by atoms with Crippen LogP contribution in [0.5, 0.6) is 5.75 Å². The number of esters is 1. The van der Waals surface area contributed by atoms with E-state index in [4.69, 9.17) is 9.47 Å². The topological polar surface area (TPSA) is 55.8 Å². The molecule has 1 fully saturated rings. The first-order chi connectivity index (χ1) is 8.20. The highest BCUT2D eigenvalue weighted by atomic mass is 16.6. The van der Waals surface area contributed by atoms with Gasteiger partial charge >= 0.3 is 5.97 Å². The number of rotatable bonds is 3. The Labute approximate surface area is 100 Å². The van der Waals surface area contributed by atoms with Gasteiger partial charge in [0.25, 0.3) is 0 Å². The van der Waals surface area contributed by atoms with Gasteiger partial charge in [0.15, 0.2) is 0 Å². The molecular weight excluding hydrogens is 220 g/mol. The molecule has 1 aliphatic rings.